The molecule has 0 radical (unpaired) electrons. The number of benzene rings is 2. The lowest BCUT2D eigenvalue weighted by atomic mass is 9.87. The molecular weight excluding hydrogens is 429 g/mol. The highest BCUT2D eigenvalue weighted by atomic mass is 35.5. The van der Waals surface area contributed by atoms with Gasteiger partial charge < -0.3 is 9.64 Å². The standard InChI is InChI=1S/C25H27ClFN3O2/c1-5-17-14-19-23(28-29(3)24(19)15-10-12-16(27)13-11-15)20(6-2)30(17)25(31)18-8-7-9-21(32-4)22(18)26/h7-13,17,20H,5-6,14H2,1-4H3. The predicted molar refractivity (Wildman–Crippen MR) is 124 cm³/mol. The first-order valence-electron chi connectivity index (χ1n) is 10.9. The number of nitrogens with zero attached hydrogens (tertiary/aromatic N) is 3. The number of hydrogen-bond acceptors (Lipinski definition) is 3. The number of ether oxygens (including phenoxy) is 1. The highest BCUT2D eigenvalue weighted by Gasteiger charge is 2.40. The summed E-state index contributed by atoms with van der Waals surface area (Å²) in [7, 11) is 3.44. The zero-order valence-electron chi connectivity index (χ0n) is 18.7. The summed E-state index contributed by atoms with van der Waals surface area (Å²) in [5.74, 6) is 0.0922. The second kappa shape index (κ2) is 8.94. The number of carbonyl (C=O) groups is 1. The van der Waals surface area contributed by atoms with E-state index in [1.165, 1.54) is 19.2 Å². The Morgan fingerprint density at radius 3 is 2.53 bits per heavy atom. The number of halogens is 2. The van der Waals surface area contributed by atoms with Crippen molar-refractivity contribution in [3.05, 3.63) is 70.1 Å². The first-order valence-corrected chi connectivity index (χ1v) is 11.3. The van der Waals surface area contributed by atoms with Crippen LogP contribution in [0.3, 0.4) is 0 Å². The van der Waals surface area contributed by atoms with Gasteiger partial charge in [-0.15, -0.1) is 0 Å². The van der Waals surface area contributed by atoms with Crippen molar-refractivity contribution in [3.63, 3.8) is 0 Å². The lowest BCUT2D eigenvalue weighted by Crippen LogP contribution is -2.47. The van der Waals surface area contributed by atoms with Crippen LogP contribution in [-0.2, 0) is 13.5 Å². The smallest absolute Gasteiger partial charge is 0.256 e. The molecule has 0 fully saturated rings. The van der Waals surface area contributed by atoms with E-state index < -0.39 is 0 Å². The Labute approximate surface area is 192 Å². The molecule has 0 aliphatic carbocycles. The lowest BCUT2D eigenvalue weighted by Gasteiger charge is -2.41. The van der Waals surface area contributed by atoms with Crippen LogP contribution in [-0.4, -0.2) is 33.7 Å². The van der Waals surface area contributed by atoms with Crippen LogP contribution in [0.25, 0.3) is 11.3 Å². The van der Waals surface area contributed by atoms with Crippen molar-refractivity contribution in [1.29, 1.82) is 0 Å². The van der Waals surface area contributed by atoms with E-state index in [0.717, 1.165) is 35.4 Å². The van der Waals surface area contributed by atoms with E-state index in [-0.39, 0.29) is 23.8 Å². The van der Waals surface area contributed by atoms with E-state index in [4.69, 9.17) is 21.4 Å². The van der Waals surface area contributed by atoms with Crippen molar-refractivity contribution < 1.29 is 13.9 Å². The molecule has 168 valence electrons. The number of fused-ring (bicyclic) bond motifs is 1. The van der Waals surface area contributed by atoms with Crippen molar-refractivity contribution in [2.45, 2.75) is 45.2 Å². The second-order valence-electron chi connectivity index (χ2n) is 8.07. The molecule has 1 amide bonds. The molecule has 2 heterocycles. The number of hydrogen-bond donors (Lipinski definition) is 0. The summed E-state index contributed by atoms with van der Waals surface area (Å²) in [5, 5.41) is 5.15. The molecule has 2 aromatic carbocycles. The maximum atomic E-state index is 13.7. The van der Waals surface area contributed by atoms with Crippen molar-refractivity contribution in [1.82, 2.24) is 14.7 Å². The topological polar surface area (TPSA) is 47.4 Å². The first kappa shape index (κ1) is 22.3. The highest BCUT2D eigenvalue weighted by Crippen LogP contribution is 2.42. The summed E-state index contributed by atoms with van der Waals surface area (Å²) < 4.78 is 20.7. The SMILES string of the molecule is CCC1Cc2c(nn(C)c2-c2ccc(F)cc2)C(CC)N1C(=O)c1cccc(OC)c1Cl. The van der Waals surface area contributed by atoms with Crippen LogP contribution in [0.1, 0.15) is 54.3 Å². The normalized spacial score (nSPS) is 17.9. The number of aryl methyl sites for hydroxylation is 1. The van der Waals surface area contributed by atoms with Crippen LogP contribution in [0, 0.1) is 5.82 Å². The van der Waals surface area contributed by atoms with Crippen molar-refractivity contribution >= 4 is 17.5 Å². The Balaban J connectivity index is 1.81. The molecule has 0 spiro atoms. The van der Waals surface area contributed by atoms with Crippen molar-refractivity contribution in [2.24, 2.45) is 7.05 Å². The quantitative estimate of drug-likeness (QED) is 0.487. The summed E-state index contributed by atoms with van der Waals surface area (Å²) in [6, 6.07) is 11.6. The molecule has 0 saturated carbocycles. The minimum absolute atomic E-state index is 0.00869. The molecule has 3 aromatic rings. The van der Waals surface area contributed by atoms with E-state index in [1.54, 1.807) is 30.3 Å². The Morgan fingerprint density at radius 1 is 1.19 bits per heavy atom. The first-order chi connectivity index (χ1) is 15.4. The monoisotopic (exact) mass is 455 g/mol. The molecule has 32 heavy (non-hydrogen) atoms. The van der Waals surface area contributed by atoms with Gasteiger partial charge in [-0.25, -0.2) is 4.39 Å². The maximum absolute atomic E-state index is 13.7. The minimum atomic E-state index is -0.269. The molecule has 2 unspecified atom stereocenters. The van der Waals surface area contributed by atoms with E-state index >= 15 is 0 Å². The molecule has 0 N–H and O–H groups in total. The van der Waals surface area contributed by atoms with Gasteiger partial charge in [0.2, 0.25) is 0 Å². The number of methoxy groups -OCH3 is 1. The second-order valence-corrected chi connectivity index (χ2v) is 8.45. The fourth-order valence-electron chi connectivity index (χ4n) is 4.76. The fourth-order valence-corrected chi connectivity index (χ4v) is 5.04. The van der Waals surface area contributed by atoms with Crippen LogP contribution in [0.15, 0.2) is 42.5 Å². The summed E-state index contributed by atoms with van der Waals surface area (Å²) in [6.07, 6.45) is 2.19. The third-order valence-corrected chi connectivity index (χ3v) is 6.67. The number of carbonyl (C=O) groups excluding carboxylic acids is 1. The Hall–Kier alpha value is -2.86. The van der Waals surface area contributed by atoms with E-state index in [9.17, 15) is 9.18 Å². The minimum Gasteiger partial charge on any atom is -0.495 e. The number of aromatic nitrogens is 2. The molecule has 4 rings (SSSR count). The molecule has 1 aromatic heterocycles. The number of rotatable bonds is 5. The molecule has 0 saturated heterocycles. The van der Waals surface area contributed by atoms with Crippen LogP contribution in [0.4, 0.5) is 4.39 Å². The van der Waals surface area contributed by atoms with E-state index in [1.807, 2.05) is 16.6 Å². The van der Waals surface area contributed by atoms with Crippen molar-refractivity contribution in [2.75, 3.05) is 7.11 Å². The van der Waals surface area contributed by atoms with Gasteiger partial charge in [-0.1, -0.05) is 31.5 Å². The van der Waals surface area contributed by atoms with Crippen LogP contribution in [0.2, 0.25) is 5.02 Å². The van der Waals surface area contributed by atoms with Gasteiger partial charge in [0, 0.05) is 24.2 Å². The summed E-state index contributed by atoms with van der Waals surface area (Å²) in [6.45, 7) is 4.15. The number of amides is 1. The molecule has 0 bridgehead atoms. The fraction of sp³-hybridized carbons (Fsp3) is 0.360. The molecule has 5 nitrogen and oxygen atoms in total. The summed E-state index contributed by atoms with van der Waals surface area (Å²) in [4.78, 5) is 15.7. The maximum Gasteiger partial charge on any atom is 0.256 e. The van der Waals surface area contributed by atoms with Crippen molar-refractivity contribution in [3.8, 4) is 17.0 Å². The Morgan fingerprint density at radius 2 is 1.91 bits per heavy atom. The van der Waals surface area contributed by atoms with Gasteiger partial charge in [-0.05, 0) is 55.7 Å². The Kier molecular flexibility index (Phi) is 6.24. The average molecular weight is 456 g/mol. The van der Waals surface area contributed by atoms with Gasteiger partial charge in [0.1, 0.15) is 11.6 Å². The average Bonchev–Trinajstić information content (AvgIpc) is 3.13. The van der Waals surface area contributed by atoms with E-state index in [2.05, 4.69) is 13.8 Å². The molecule has 2 atom stereocenters. The van der Waals surface area contributed by atoms with Crippen LogP contribution < -0.4 is 4.74 Å². The summed E-state index contributed by atoms with van der Waals surface area (Å²) in [5.41, 5.74) is 4.34. The Bertz CT molecular complexity index is 1140. The molecule has 1 aliphatic rings. The highest BCUT2D eigenvalue weighted by molar-refractivity contribution is 6.35. The van der Waals surface area contributed by atoms with Crippen LogP contribution >= 0.6 is 11.6 Å². The zero-order chi connectivity index (χ0) is 23.0. The molecular formula is C25H27ClFN3O2. The summed E-state index contributed by atoms with van der Waals surface area (Å²) >= 11 is 6.50. The largest absolute Gasteiger partial charge is 0.495 e. The van der Waals surface area contributed by atoms with Gasteiger partial charge in [0.15, 0.2) is 0 Å². The van der Waals surface area contributed by atoms with E-state index in [0.29, 0.717) is 22.8 Å². The molecule has 7 heteroatoms. The third-order valence-electron chi connectivity index (χ3n) is 6.28. The van der Waals surface area contributed by atoms with Gasteiger partial charge in [-0.2, -0.15) is 5.10 Å². The zero-order valence-corrected chi connectivity index (χ0v) is 19.5. The van der Waals surface area contributed by atoms with Gasteiger partial charge in [-0.3, -0.25) is 9.48 Å². The third kappa shape index (κ3) is 3.66. The van der Waals surface area contributed by atoms with Gasteiger partial charge >= 0.3 is 0 Å². The van der Waals surface area contributed by atoms with Crippen LogP contribution in [0.5, 0.6) is 5.75 Å². The van der Waals surface area contributed by atoms with Gasteiger partial charge in [0.25, 0.3) is 5.91 Å². The lowest BCUT2D eigenvalue weighted by molar-refractivity contribution is 0.0512. The predicted octanol–water partition coefficient (Wildman–Crippen LogP) is 5.82. The molecule has 1 aliphatic heterocycles. The van der Waals surface area contributed by atoms with Gasteiger partial charge in [0.05, 0.1) is 35.1 Å².